The molecule has 24 heavy (non-hydrogen) atoms. The number of carbonyl (C=O) groups is 1. The molecule has 0 N–H and O–H groups in total. The van der Waals surface area contributed by atoms with Crippen molar-refractivity contribution in [1.29, 1.82) is 0 Å². The van der Waals surface area contributed by atoms with E-state index >= 15 is 0 Å². The van der Waals surface area contributed by atoms with Crippen molar-refractivity contribution in [2.75, 3.05) is 19.0 Å². The molecule has 7 heteroatoms. The zero-order valence-electron chi connectivity index (χ0n) is 12.9. The van der Waals surface area contributed by atoms with Crippen LogP contribution < -0.4 is 0 Å². The number of alkyl halides is 1. The smallest absolute Gasteiger partial charge is 0.245 e. The third kappa shape index (κ3) is 3.05. The van der Waals surface area contributed by atoms with E-state index in [9.17, 15) is 13.2 Å². The molecule has 0 bridgehead atoms. The Morgan fingerprint density at radius 2 is 1.58 bits per heavy atom. The average Bonchev–Trinajstić information content (AvgIpc) is 3.08. The van der Waals surface area contributed by atoms with Gasteiger partial charge in [-0.05, 0) is 17.7 Å². The molecule has 2 aromatic rings. The minimum Gasteiger partial charge on any atom is -0.319 e. The normalized spacial score (nSPS) is 18.7. The molecule has 1 aliphatic heterocycles. The molecule has 1 saturated heterocycles. The minimum atomic E-state index is -3.71. The summed E-state index contributed by atoms with van der Waals surface area (Å²) in [6, 6.07) is 17.4. The van der Waals surface area contributed by atoms with Crippen LogP contribution >= 0.6 is 11.6 Å². The summed E-state index contributed by atoms with van der Waals surface area (Å²) in [7, 11) is -3.71. The molecule has 1 atom stereocenters. The van der Waals surface area contributed by atoms with E-state index in [0.29, 0.717) is 6.54 Å². The van der Waals surface area contributed by atoms with Crippen molar-refractivity contribution >= 4 is 27.5 Å². The van der Waals surface area contributed by atoms with Crippen LogP contribution in [0.25, 0.3) is 0 Å². The van der Waals surface area contributed by atoms with E-state index in [1.165, 1.54) is 9.21 Å². The fraction of sp³-hybridized carbons (Fsp3) is 0.235. The molecule has 0 saturated carbocycles. The van der Waals surface area contributed by atoms with E-state index in [2.05, 4.69) is 0 Å². The Morgan fingerprint density at radius 1 is 1.00 bits per heavy atom. The monoisotopic (exact) mass is 364 g/mol. The second-order valence-corrected chi connectivity index (χ2v) is 7.59. The fourth-order valence-corrected chi connectivity index (χ4v) is 4.64. The predicted molar refractivity (Wildman–Crippen MR) is 91.9 cm³/mol. The van der Waals surface area contributed by atoms with Crippen molar-refractivity contribution in [3.63, 3.8) is 0 Å². The molecule has 2 aromatic carbocycles. The van der Waals surface area contributed by atoms with Crippen molar-refractivity contribution in [1.82, 2.24) is 9.21 Å². The standard InChI is InChI=1S/C17H17ClN2O3S/c18-13-16(21)19-11-12-20(17(19)14-7-3-1-4-8-14)24(22,23)15-9-5-2-6-10-15/h1-10,17H,11-13H2/t17-/m0/s1. The van der Waals surface area contributed by atoms with E-state index in [1.54, 1.807) is 30.3 Å². The zero-order valence-corrected chi connectivity index (χ0v) is 14.4. The Balaban J connectivity index is 2.05. The molecule has 126 valence electrons. The number of rotatable bonds is 4. The molecule has 5 nitrogen and oxygen atoms in total. The maximum atomic E-state index is 13.0. The number of nitrogens with zero attached hydrogens (tertiary/aromatic N) is 2. The third-order valence-electron chi connectivity index (χ3n) is 4.01. The Labute approximate surface area is 146 Å². The molecule has 1 heterocycles. The molecule has 1 aliphatic rings. The van der Waals surface area contributed by atoms with Crippen molar-refractivity contribution in [2.24, 2.45) is 0 Å². The van der Waals surface area contributed by atoms with Crippen LogP contribution in [0.15, 0.2) is 65.6 Å². The first kappa shape index (κ1) is 17.0. The van der Waals surface area contributed by atoms with Crippen LogP contribution in [-0.2, 0) is 14.8 Å². The quantitative estimate of drug-likeness (QED) is 0.783. The summed E-state index contributed by atoms with van der Waals surface area (Å²) in [6.45, 7) is 0.552. The van der Waals surface area contributed by atoms with Crippen LogP contribution in [0.2, 0.25) is 0 Å². The highest BCUT2D eigenvalue weighted by atomic mass is 35.5. The Morgan fingerprint density at radius 3 is 2.17 bits per heavy atom. The summed E-state index contributed by atoms with van der Waals surface area (Å²) in [4.78, 5) is 13.9. The maximum absolute atomic E-state index is 13.0. The van der Waals surface area contributed by atoms with Gasteiger partial charge in [0.05, 0.1) is 4.90 Å². The number of halogens is 1. The molecule has 0 spiro atoms. The topological polar surface area (TPSA) is 57.7 Å². The van der Waals surface area contributed by atoms with Crippen molar-refractivity contribution < 1.29 is 13.2 Å². The summed E-state index contributed by atoms with van der Waals surface area (Å²) >= 11 is 5.70. The molecule has 1 amide bonds. The summed E-state index contributed by atoms with van der Waals surface area (Å²) in [5.41, 5.74) is 0.743. The molecule has 0 radical (unpaired) electrons. The SMILES string of the molecule is O=C(CCl)N1CCN(S(=O)(=O)c2ccccc2)[C@H]1c1ccccc1. The number of amides is 1. The molecule has 0 unspecified atom stereocenters. The molecular weight excluding hydrogens is 348 g/mol. The lowest BCUT2D eigenvalue weighted by molar-refractivity contribution is -0.130. The third-order valence-corrected chi connectivity index (χ3v) is 6.11. The van der Waals surface area contributed by atoms with Crippen LogP contribution in [-0.4, -0.2) is 42.5 Å². The van der Waals surface area contributed by atoms with Gasteiger partial charge >= 0.3 is 0 Å². The summed E-state index contributed by atoms with van der Waals surface area (Å²) < 4.78 is 27.4. The highest BCUT2D eigenvalue weighted by Gasteiger charge is 2.42. The van der Waals surface area contributed by atoms with Gasteiger partial charge in [-0.3, -0.25) is 4.79 Å². The van der Waals surface area contributed by atoms with E-state index < -0.39 is 16.2 Å². The van der Waals surface area contributed by atoms with Gasteiger partial charge in [-0.2, -0.15) is 4.31 Å². The van der Waals surface area contributed by atoms with Gasteiger partial charge < -0.3 is 4.90 Å². The Hall–Kier alpha value is -1.89. The van der Waals surface area contributed by atoms with Gasteiger partial charge in [0, 0.05) is 13.1 Å². The van der Waals surface area contributed by atoms with E-state index in [-0.39, 0.29) is 23.2 Å². The first-order chi connectivity index (χ1) is 11.6. The predicted octanol–water partition coefficient (Wildman–Crippen LogP) is 2.46. The van der Waals surface area contributed by atoms with E-state index in [1.807, 2.05) is 30.3 Å². The van der Waals surface area contributed by atoms with Crippen LogP contribution in [0, 0.1) is 0 Å². The van der Waals surface area contributed by atoms with Crippen LogP contribution in [0.5, 0.6) is 0 Å². The van der Waals surface area contributed by atoms with Gasteiger partial charge in [-0.15, -0.1) is 11.6 Å². The molecular formula is C17H17ClN2O3S. The second-order valence-electron chi connectivity index (χ2n) is 5.43. The van der Waals surface area contributed by atoms with E-state index in [0.717, 1.165) is 5.56 Å². The van der Waals surface area contributed by atoms with Gasteiger partial charge in [-0.1, -0.05) is 48.5 Å². The number of carbonyl (C=O) groups excluding carboxylic acids is 1. The number of hydrogen-bond donors (Lipinski definition) is 0. The van der Waals surface area contributed by atoms with Crippen molar-refractivity contribution in [3.8, 4) is 0 Å². The van der Waals surface area contributed by atoms with Gasteiger partial charge in [0.25, 0.3) is 0 Å². The van der Waals surface area contributed by atoms with E-state index in [4.69, 9.17) is 11.6 Å². The van der Waals surface area contributed by atoms with Crippen molar-refractivity contribution in [3.05, 3.63) is 66.2 Å². The van der Waals surface area contributed by atoms with Crippen LogP contribution in [0.1, 0.15) is 11.7 Å². The summed E-state index contributed by atoms with van der Waals surface area (Å²) in [5.74, 6) is -0.459. The number of sulfonamides is 1. The molecule has 0 aromatic heterocycles. The number of benzene rings is 2. The van der Waals surface area contributed by atoms with Crippen molar-refractivity contribution in [2.45, 2.75) is 11.1 Å². The lowest BCUT2D eigenvalue weighted by Gasteiger charge is -2.29. The van der Waals surface area contributed by atoms with Gasteiger partial charge in [0.15, 0.2) is 0 Å². The van der Waals surface area contributed by atoms with Gasteiger partial charge in [0.2, 0.25) is 15.9 Å². The first-order valence-electron chi connectivity index (χ1n) is 7.53. The van der Waals surface area contributed by atoms with Gasteiger partial charge in [-0.25, -0.2) is 8.42 Å². The fourth-order valence-electron chi connectivity index (χ4n) is 2.90. The maximum Gasteiger partial charge on any atom is 0.245 e. The molecule has 0 aliphatic carbocycles. The summed E-state index contributed by atoms with van der Waals surface area (Å²) in [6.07, 6.45) is -0.678. The van der Waals surface area contributed by atoms with Gasteiger partial charge in [0.1, 0.15) is 12.0 Å². The largest absolute Gasteiger partial charge is 0.319 e. The lowest BCUT2D eigenvalue weighted by atomic mass is 10.1. The lowest BCUT2D eigenvalue weighted by Crippen LogP contribution is -2.38. The Kier molecular flexibility index (Phi) is 4.89. The second kappa shape index (κ2) is 6.93. The van der Waals surface area contributed by atoms with Crippen LogP contribution in [0.4, 0.5) is 0 Å². The Bertz CT molecular complexity index is 812. The minimum absolute atomic E-state index is 0.178. The molecule has 1 fully saturated rings. The van der Waals surface area contributed by atoms with Crippen LogP contribution in [0.3, 0.4) is 0 Å². The highest BCUT2D eigenvalue weighted by molar-refractivity contribution is 7.89. The summed E-state index contributed by atoms with van der Waals surface area (Å²) in [5, 5.41) is 0. The number of hydrogen-bond acceptors (Lipinski definition) is 3. The first-order valence-corrected chi connectivity index (χ1v) is 9.50. The average molecular weight is 365 g/mol. The zero-order chi connectivity index (χ0) is 17.2. The highest BCUT2D eigenvalue weighted by Crippen LogP contribution is 2.34. The molecule has 3 rings (SSSR count).